The summed E-state index contributed by atoms with van der Waals surface area (Å²) in [5, 5.41) is 0. The minimum atomic E-state index is -0.623. The van der Waals surface area contributed by atoms with Gasteiger partial charge in [0.05, 0.1) is 0 Å². The molecule has 0 atom stereocenters. The number of hydrogen-bond acceptors (Lipinski definition) is 4. The zero-order valence-corrected chi connectivity index (χ0v) is 7.41. The molecule has 0 aliphatic carbocycles. The molecule has 0 bridgehead atoms. The fraction of sp³-hybridized carbons (Fsp3) is 0.714. The van der Waals surface area contributed by atoms with Crippen LogP contribution in [0.2, 0.25) is 0 Å². The van der Waals surface area contributed by atoms with E-state index >= 15 is 0 Å². The van der Waals surface area contributed by atoms with Gasteiger partial charge in [0.2, 0.25) is 11.8 Å². The summed E-state index contributed by atoms with van der Waals surface area (Å²) < 4.78 is 0. The van der Waals surface area contributed by atoms with Crippen LogP contribution in [0.3, 0.4) is 0 Å². The third kappa shape index (κ3) is 8.77. The number of nitrogens with two attached hydrogens (primary N) is 2. The van der Waals surface area contributed by atoms with Crippen molar-refractivity contribution in [2.24, 2.45) is 11.5 Å². The smallest absolute Gasteiger partial charge is 0.246 e. The van der Waals surface area contributed by atoms with E-state index in [1.165, 1.54) is 0 Å². The van der Waals surface area contributed by atoms with Crippen LogP contribution in [0.25, 0.3) is 0 Å². The number of unbranched alkanes of at least 4 members (excludes halogenated alkanes) is 1. The highest BCUT2D eigenvalue weighted by atomic mass is 16.7. The number of carbonyl (C=O) groups excluding carboxylic acids is 2. The van der Waals surface area contributed by atoms with Gasteiger partial charge in [0, 0.05) is 6.42 Å². The minimum absolute atomic E-state index is 0.269. The molecule has 2 amide bonds. The van der Waals surface area contributed by atoms with E-state index in [1.54, 1.807) is 0 Å². The maximum absolute atomic E-state index is 10.9. The Balaban J connectivity index is 3.25. The minimum Gasteiger partial charge on any atom is -0.368 e. The number of carbonyl (C=O) groups is 2. The van der Waals surface area contributed by atoms with Crippen molar-refractivity contribution >= 4 is 11.8 Å². The molecule has 6 heteroatoms. The molecule has 0 heterocycles. The Bertz CT molecular complexity index is 172. The summed E-state index contributed by atoms with van der Waals surface area (Å²) in [6, 6.07) is 0. The monoisotopic (exact) mass is 189 g/mol. The lowest BCUT2D eigenvalue weighted by atomic mass is 10.2. The maximum Gasteiger partial charge on any atom is 0.246 e. The molecule has 0 saturated heterocycles. The lowest BCUT2D eigenvalue weighted by Gasteiger charge is -2.02. The normalized spacial score (nSPS) is 9.62. The number of primary amides is 1. The Hall–Kier alpha value is -1.14. The van der Waals surface area contributed by atoms with Crippen LogP contribution in [-0.4, -0.2) is 25.0 Å². The van der Waals surface area contributed by atoms with Gasteiger partial charge < -0.3 is 11.5 Å². The van der Waals surface area contributed by atoms with Crippen molar-refractivity contribution in [3.8, 4) is 0 Å². The zero-order valence-electron chi connectivity index (χ0n) is 7.41. The molecular weight excluding hydrogens is 174 g/mol. The van der Waals surface area contributed by atoms with E-state index in [4.69, 9.17) is 11.5 Å². The summed E-state index contributed by atoms with van der Waals surface area (Å²) in [7, 11) is 0. The second-order valence-corrected chi connectivity index (χ2v) is 2.53. The highest BCUT2D eigenvalue weighted by Crippen LogP contribution is 1.92. The molecule has 0 fully saturated rings. The summed E-state index contributed by atoms with van der Waals surface area (Å²) in [5.41, 5.74) is 12.1. The van der Waals surface area contributed by atoms with Gasteiger partial charge in [-0.05, 0) is 19.4 Å². The zero-order chi connectivity index (χ0) is 10.1. The molecule has 0 unspecified atom stereocenters. The molecule has 0 aliphatic rings. The van der Waals surface area contributed by atoms with Crippen molar-refractivity contribution in [1.82, 2.24) is 5.48 Å². The van der Waals surface area contributed by atoms with Crippen LogP contribution >= 0.6 is 0 Å². The van der Waals surface area contributed by atoms with Gasteiger partial charge in [-0.1, -0.05) is 0 Å². The number of rotatable bonds is 7. The van der Waals surface area contributed by atoms with E-state index in [0.717, 1.165) is 6.42 Å². The lowest BCUT2D eigenvalue weighted by molar-refractivity contribution is -0.138. The summed E-state index contributed by atoms with van der Waals surface area (Å²) >= 11 is 0. The second kappa shape index (κ2) is 7.51. The quantitative estimate of drug-likeness (QED) is 0.340. The SMILES string of the molecule is NCCCCC(=O)NOCC(N)=O. The number of hydrogen-bond donors (Lipinski definition) is 3. The first-order chi connectivity index (χ1) is 6.16. The van der Waals surface area contributed by atoms with Gasteiger partial charge in [-0.25, -0.2) is 5.48 Å². The summed E-state index contributed by atoms with van der Waals surface area (Å²) in [4.78, 5) is 25.5. The van der Waals surface area contributed by atoms with E-state index < -0.39 is 5.91 Å². The molecule has 0 rings (SSSR count). The van der Waals surface area contributed by atoms with Crippen LogP contribution in [0.5, 0.6) is 0 Å². The first-order valence-corrected chi connectivity index (χ1v) is 4.06. The summed E-state index contributed by atoms with van der Waals surface area (Å²) in [5.74, 6) is -0.892. The third-order valence-corrected chi connectivity index (χ3v) is 1.26. The standard InChI is InChI=1S/C7H15N3O3/c8-4-2-1-3-7(12)10-13-5-6(9)11/h1-5,8H2,(H2,9,11)(H,10,12). The van der Waals surface area contributed by atoms with E-state index in [-0.39, 0.29) is 12.5 Å². The van der Waals surface area contributed by atoms with E-state index in [2.05, 4.69) is 10.3 Å². The maximum atomic E-state index is 10.9. The highest BCUT2D eigenvalue weighted by Gasteiger charge is 2.01. The molecule has 0 aromatic carbocycles. The van der Waals surface area contributed by atoms with Gasteiger partial charge >= 0.3 is 0 Å². The van der Waals surface area contributed by atoms with Crippen molar-refractivity contribution < 1.29 is 14.4 Å². The molecule has 0 spiro atoms. The summed E-state index contributed by atoms with van der Waals surface area (Å²) in [6.07, 6.45) is 1.85. The predicted molar refractivity (Wildman–Crippen MR) is 46.2 cm³/mol. The van der Waals surface area contributed by atoms with Crippen molar-refractivity contribution in [3.63, 3.8) is 0 Å². The number of hydroxylamine groups is 1. The van der Waals surface area contributed by atoms with Crippen LogP contribution in [0.15, 0.2) is 0 Å². The van der Waals surface area contributed by atoms with Crippen LogP contribution < -0.4 is 16.9 Å². The predicted octanol–water partition coefficient (Wildman–Crippen LogP) is -1.35. The van der Waals surface area contributed by atoms with E-state index in [9.17, 15) is 9.59 Å². The highest BCUT2D eigenvalue weighted by molar-refractivity contribution is 5.76. The lowest BCUT2D eigenvalue weighted by Crippen LogP contribution is -2.29. The molecular formula is C7H15N3O3. The van der Waals surface area contributed by atoms with Gasteiger partial charge in [0.25, 0.3) is 0 Å². The fourth-order valence-electron chi connectivity index (χ4n) is 0.669. The Morgan fingerprint density at radius 3 is 2.54 bits per heavy atom. The molecule has 0 aliphatic heterocycles. The Morgan fingerprint density at radius 1 is 1.31 bits per heavy atom. The molecule has 0 aromatic heterocycles. The largest absolute Gasteiger partial charge is 0.368 e. The van der Waals surface area contributed by atoms with Crippen LogP contribution in [0.1, 0.15) is 19.3 Å². The fourth-order valence-corrected chi connectivity index (χ4v) is 0.669. The molecule has 0 saturated carbocycles. The Morgan fingerprint density at radius 2 is 2.00 bits per heavy atom. The molecule has 0 radical (unpaired) electrons. The van der Waals surface area contributed by atoms with Crippen LogP contribution in [0.4, 0.5) is 0 Å². The molecule has 5 N–H and O–H groups in total. The van der Waals surface area contributed by atoms with Gasteiger partial charge in [-0.3, -0.25) is 14.4 Å². The molecule has 76 valence electrons. The van der Waals surface area contributed by atoms with E-state index in [1.807, 2.05) is 0 Å². The van der Waals surface area contributed by atoms with Crippen molar-refractivity contribution in [3.05, 3.63) is 0 Å². The Labute approximate surface area is 76.5 Å². The van der Waals surface area contributed by atoms with E-state index in [0.29, 0.717) is 19.4 Å². The molecule has 0 aromatic rings. The first-order valence-electron chi connectivity index (χ1n) is 4.06. The van der Waals surface area contributed by atoms with Gasteiger partial charge in [-0.2, -0.15) is 0 Å². The van der Waals surface area contributed by atoms with Crippen molar-refractivity contribution in [2.45, 2.75) is 19.3 Å². The number of amides is 2. The van der Waals surface area contributed by atoms with Crippen molar-refractivity contribution in [1.29, 1.82) is 0 Å². The van der Waals surface area contributed by atoms with Crippen LogP contribution in [-0.2, 0) is 14.4 Å². The topological polar surface area (TPSA) is 107 Å². The van der Waals surface area contributed by atoms with Gasteiger partial charge in [0.15, 0.2) is 6.61 Å². The molecule has 6 nitrogen and oxygen atoms in total. The summed E-state index contributed by atoms with van der Waals surface area (Å²) in [6.45, 7) is 0.262. The van der Waals surface area contributed by atoms with Gasteiger partial charge in [-0.15, -0.1) is 0 Å². The Kier molecular flexibility index (Phi) is 6.85. The third-order valence-electron chi connectivity index (χ3n) is 1.26. The average Bonchev–Trinajstić information content (AvgIpc) is 2.04. The van der Waals surface area contributed by atoms with Gasteiger partial charge in [0.1, 0.15) is 0 Å². The first kappa shape index (κ1) is 11.9. The second-order valence-electron chi connectivity index (χ2n) is 2.53. The number of nitrogens with one attached hydrogen (secondary N) is 1. The van der Waals surface area contributed by atoms with Crippen molar-refractivity contribution in [2.75, 3.05) is 13.2 Å². The van der Waals surface area contributed by atoms with Crippen LogP contribution in [0, 0.1) is 0 Å². The molecule has 13 heavy (non-hydrogen) atoms. The average molecular weight is 189 g/mol.